The molecule has 1 aliphatic heterocycles. The van der Waals surface area contributed by atoms with Gasteiger partial charge >= 0.3 is 0 Å². The minimum Gasteiger partial charge on any atom is -0.489 e. The molecule has 2 aromatic carbocycles. The van der Waals surface area contributed by atoms with Crippen molar-refractivity contribution in [1.82, 2.24) is 5.32 Å². The summed E-state index contributed by atoms with van der Waals surface area (Å²) >= 11 is 0. The standard InChI is InChI=1S/C20H24N2O/c1-20(2,3)17-7-9-18(10-8-17)23-14-15-5-4-6-16(13-15)19-21-11-12-22-19/h4-10,13H,11-12,14H2,1-3H3,(H,21,22). The van der Waals surface area contributed by atoms with Crippen molar-refractivity contribution in [2.75, 3.05) is 13.1 Å². The van der Waals surface area contributed by atoms with Gasteiger partial charge in [-0.15, -0.1) is 0 Å². The van der Waals surface area contributed by atoms with Crippen LogP contribution in [0.15, 0.2) is 53.5 Å². The van der Waals surface area contributed by atoms with E-state index in [0.717, 1.165) is 35.8 Å². The first-order valence-electron chi connectivity index (χ1n) is 8.13. The maximum atomic E-state index is 5.92. The Bertz CT molecular complexity index is 696. The van der Waals surface area contributed by atoms with Crippen molar-refractivity contribution in [1.29, 1.82) is 0 Å². The van der Waals surface area contributed by atoms with E-state index in [0.29, 0.717) is 6.61 Å². The van der Waals surface area contributed by atoms with Gasteiger partial charge in [-0.3, -0.25) is 4.99 Å². The highest BCUT2D eigenvalue weighted by molar-refractivity contribution is 5.99. The predicted octanol–water partition coefficient (Wildman–Crippen LogP) is 3.91. The lowest BCUT2D eigenvalue weighted by molar-refractivity contribution is 0.306. The van der Waals surface area contributed by atoms with Crippen molar-refractivity contribution < 1.29 is 4.74 Å². The largest absolute Gasteiger partial charge is 0.489 e. The molecule has 3 heteroatoms. The van der Waals surface area contributed by atoms with Crippen molar-refractivity contribution in [3.8, 4) is 5.75 Å². The molecule has 0 bridgehead atoms. The van der Waals surface area contributed by atoms with Crippen molar-refractivity contribution >= 4 is 5.84 Å². The van der Waals surface area contributed by atoms with Gasteiger partial charge in [-0.1, -0.05) is 51.1 Å². The van der Waals surface area contributed by atoms with Gasteiger partial charge < -0.3 is 10.1 Å². The van der Waals surface area contributed by atoms with Gasteiger partial charge in [0.05, 0.1) is 6.54 Å². The summed E-state index contributed by atoms with van der Waals surface area (Å²) in [5.74, 6) is 1.89. The summed E-state index contributed by atoms with van der Waals surface area (Å²) in [6.07, 6.45) is 0. The zero-order valence-corrected chi connectivity index (χ0v) is 14.1. The van der Waals surface area contributed by atoms with Gasteiger partial charge in [0.2, 0.25) is 0 Å². The second-order valence-electron chi connectivity index (χ2n) is 6.92. The van der Waals surface area contributed by atoms with Gasteiger partial charge in [0.25, 0.3) is 0 Å². The summed E-state index contributed by atoms with van der Waals surface area (Å²) in [5.41, 5.74) is 3.77. The lowest BCUT2D eigenvalue weighted by Gasteiger charge is -2.19. The number of nitrogens with one attached hydrogen (secondary N) is 1. The lowest BCUT2D eigenvalue weighted by atomic mass is 9.87. The number of nitrogens with zero attached hydrogens (tertiary/aromatic N) is 1. The molecule has 0 aromatic heterocycles. The normalized spacial score (nSPS) is 14.3. The highest BCUT2D eigenvalue weighted by Gasteiger charge is 2.13. The van der Waals surface area contributed by atoms with Gasteiger partial charge in [-0.2, -0.15) is 0 Å². The molecule has 0 saturated heterocycles. The minimum absolute atomic E-state index is 0.169. The number of ether oxygens (including phenoxy) is 1. The second kappa shape index (κ2) is 6.45. The minimum atomic E-state index is 0.169. The monoisotopic (exact) mass is 308 g/mol. The summed E-state index contributed by atoms with van der Waals surface area (Å²) in [7, 11) is 0. The molecule has 3 nitrogen and oxygen atoms in total. The van der Waals surface area contributed by atoms with E-state index in [9.17, 15) is 0 Å². The molecule has 0 fully saturated rings. The SMILES string of the molecule is CC(C)(C)c1ccc(OCc2cccc(C3=NCCN3)c2)cc1. The van der Waals surface area contributed by atoms with Crippen LogP contribution < -0.4 is 10.1 Å². The Hall–Kier alpha value is -2.29. The van der Waals surface area contributed by atoms with E-state index in [1.165, 1.54) is 5.56 Å². The van der Waals surface area contributed by atoms with Crippen LogP contribution in [-0.4, -0.2) is 18.9 Å². The Kier molecular flexibility index (Phi) is 4.37. The number of benzene rings is 2. The third-order valence-corrected chi connectivity index (χ3v) is 4.00. The van der Waals surface area contributed by atoms with E-state index in [2.05, 4.69) is 67.5 Å². The quantitative estimate of drug-likeness (QED) is 0.929. The predicted molar refractivity (Wildman–Crippen MR) is 95.3 cm³/mol. The van der Waals surface area contributed by atoms with Crippen molar-refractivity contribution in [3.05, 3.63) is 65.2 Å². The Labute approximate surface area is 138 Å². The Balaban J connectivity index is 1.65. The smallest absolute Gasteiger partial charge is 0.128 e. The van der Waals surface area contributed by atoms with Gasteiger partial charge in [-0.25, -0.2) is 0 Å². The third kappa shape index (κ3) is 3.92. The summed E-state index contributed by atoms with van der Waals surface area (Å²) < 4.78 is 5.92. The summed E-state index contributed by atoms with van der Waals surface area (Å²) in [5, 5.41) is 3.30. The molecule has 0 saturated carbocycles. The van der Waals surface area contributed by atoms with Crippen LogP contribution in [0.1, 0.15) is 37.5 Å². The number of aliphatic imine (C=N–C) groups is 1. The van der Waals surface area contributed by atoms with E-state index in [4.69, 9.17) is 4.74 Å². The first-order valence-corrected chi connectivity index (χ1v) is 8.13. The zero-order chi connectivity index (χ0) is 16.3. The van der Waals surface area contributed by atoms with Gasteiger partial charge in [0.15, 0.2) is 0 Å². The van der Waals surface area contributed by atoms with Crippen molar-refractivity contribution in [2.24, 2.45) is 4.99 Å². The van der Waals surface area contributed by atoms with E-state index < -0.39 is 0 Å². The molecule has 120 valence electrons. The highest BCUT2D eigenvalue weighted by atomic mass is 16.5. The molecule has 0 atom stereocenters. The molecule has 1 N–H and O–H groups in total. The zero-order valence-electron chi connectivity index (χ0n) is 14.1. The fraction of sp³-hybridized carbons (Fsp3) is 0.350. The molecule has 1 aliphatic rings. The van der Waals surface area contributed by atoms with Crippen LogP contribution in [0.25, 0.3) is 0 Å². The Morgan fingerprint density at radius 2 is 1.87 bits per heavy atom. The number of hydrogen-bond donors (Lipinski definition) is 1. The van der Waals surface area contributed by atoms with E-state index in [-0.39, 0.29) is 5.41 Å². The molecule has 23 heavy (non-hydrogen) atoms. The molecule has 0 unspecified atom stereocenters. The Morgan fingerprint density at radius 3 is 2.52 bits per heavy atom. The van der Waals surface area contributed by atoms with Crippen molar-refractivity contribution in [3.63, 3.8) is 0 Å². The van der Waals surface area contributed by atoms with E-state index in [1.54, 1.807) is 0 Å². The number of hydrogen-bond acceptors (Lipinski definition) is 3. The van der Waals surface area contributed by atoms with Crippen LogP contribution in [0.3, 0.4) is 0 Å². The van der Waals surface area contributed by atoms with Crippen LogP contribution in [0.5, 0.6) is 5.75 Å². The average molecular weight is 308 g/mol. The molecular formula is C20H24N2O. The van der Waals surface area contributed by atoms with Crippen LogP contribution in [0, 0.1) is 0 Å². The fourth-order valence-electron chi connectivity index (χ4n) is 2.62. The topological polar surface area (TPSA) is 33.6 Å². The van der Waals surface area contributed by atoms with Gasteiger partial charge in [0, 0.05) is 12.1 Å². The van der Waals surface area contributed by atoms with Gasteiger partial charge in [-0.05, 0) is 34.7 Å². The Morgan fingerprint density at radius 1 is 1.09 bits per heavy atom. The second-order valence-corrected chi connectivity index (χ2v) is 6.92. The highest BCUT2D eigenvalue weighted by Crippen LogP contribution is 2.24. The molecular weight excluding hydrogens is 284 g/mol. The summed E-state index contributed by atoms with van der Waals surface area (Å²) in [4.78, 5) is 4.46. The summed E-state index contributed by atoms with van der Waals surface area (Å²) in [6, 6.07) is 16.7. The molecule has 0 aliphatic carbocycles. The summed E-state index contributed by atoms with van der Waals surface area (Å²) in [6.45, 7) is 9.00. The van der Waals surface area contributed by atoms with Crippen LogP contribution in [-0.2, 0) is 12.0 Å². The fourth-order valence-corrected chi connectivity index (χ4v) is 2.62. The van der Waals surface area contributed by atoms with Crippen molar-refractivity contribution in [2.45, 2.75) is 32.8 Å². The average Bonchev–Trinajstić information content (AvgIpc) is 3.07. The number of amidine groups is 1. The molecule has 0 spiro atoms. The first kappa shape index (κ1) is 15.6. The van der Waals surface area contributed by atoms with Crippen LogP contribution in [0.4, 0.5) is 0 Å². The van der Waals surface area contributed by atoms with E-state index >= 15 is 0 Å². The lowest BCUT2D eigenvalue weighted by Crippen LogP contribution is -2.19. The third-order valence-electron chi connectivity index (χ3n) is 4.00. The molecule has 0 radical (unpaired) electrons. The molecule has 2 aromatic rings. The van der Waals surface area contributed by atoms with Gasteiger partial charge in [0.1, 0.15) is 18.2 Å². The molecule has 0 amide bonds. The van der Waals surface area contributed by atoms with Crippen LogP contribution in [0.2, 0.25) is 0 Å². The van der Waals surface area contributed by atoms with E-state index in [1.807, 2.05) is 12.1 Å². The first-order chi connectivity index (χ1) is 11.0. The van der Waals surface area contributed by atoms with Crippen LogP contribution >= 0.6 is 0 Å². The molecule has 3 rings (SSSR count). The molecule has 1 heterocycles. The number of rotatable bonds is 4. The maximum absolute atomic E-state index is 5.92. The maximum Gasteiger partial charge on any atom is 0.128 e.